The molecule has 0 bridgehead atoms. The molecule has 0 atom stereocenters. The molecule has 0 aromatic carbocycles. The van der Waals surface area contributed by atoms with Crippen molar-refractivity contribution in [3.05, 3.63) is 11.6 Å². The molecule has 1 N–H and O–H groups in total. The lowest BCUT2D eigenvalue weighted by atomic mass is 9.76. The second-order valence-corrected chi connectivity index (χ2v) is 5.02. The van der Waals surface area contributed by atoms with Crippen LogP contribution in [0, 0.1) is 5.41 Å². The summed E-state index contributed by atoms with van der Waals surface area (Å²) in [6.45, 7) is 8.95. The van der Waals surface area contributed by atoms with Gasteiger partial charge in [-0.05, 0) is 46.2 Å². The van der Waals surface area contributed by atoms with E-state index in [9.17, 15) is 9.90 Å². The smallest absolute Gasteiger partial charge is 0.309 e. The Morgan fingerprint density at radius 3 is 2.31 bits per heavy atom. The van der Waals surface area contributed by atoms with Gasteiger partial charge in [-0.3, -0.25) is 9.69 Å². The van der Waals surface area contributed by atoms with Crippen LogP contribution in [0.5, 0.6) is 0 Å². The van der Waals surface area contributed by atoms with Gasteiger partial charge >= 0.3 is 5.97 Å². The van der Waals surface area contributed by atoms with Crippen molar-refractivity contribution in [1.82, 2.24) is 4.90 Å². The highest BCUT2D eigenvalue weighted by Gasteiger charge is 2.39. The van der Waals surface area contributed by atoms with Gasteiger partial charge in [0.2, 0.25) is 0 Å². The van der Waals surface area contributed by atoms with Gasteiger partial charge in [-0.25, -0.2) is 0 Å². The predicted molar refractivity (Wildman–Crippen MR) is 65.5 cm³/mol. The number of allylic oxidation sites excluding steroid dienone is 1. The molecule has 16 heavy (non-hydrogen) atoms. The molecule has 0 saturated carbocycles. The average Bonchev–Trinajstić information content (AvgIpc) is 2.26. The molecule has 0 aromatic rings. The second kappa shape index (κ2) is 5.48. The number of piperidine rings is 1. The molecule has 1 aliphatic rings. The topological polar surface area (TPSA) is 40.5 Å². The number of hydrogen-bond acceptors (Lipinski definition) is 2. The van der Waals surface area contributed by atoms with Crippen molar-refractivity contribution in [3.63, 3.8) is 0 Å². The summed E-state index contributed by atoms with van der Waals surface area (Å²) in [5.41, 5.74) is 0.868. The van der Waals surface area contributed by atoms with Crippen molar-refractivity contribution in [2.75, 3.05) is 19.6 Å². The summed E-state index contributed by atoms with van der Waals surface area (Å²) in [6.07, 6.45) is 4.53. The minimum atomic E-state index is -0.614. The number of carbonyl (C=O) groups is 1. The van der Waals surface area contributed by atoms with Gasteiger partial charge in [-0.2, -0.15) is 0 Å². The van der Waals surface area contributed by atoms with Gasteiger partial charge < -0.3 is 5.11 Å². The van der Waals surface area contributed by atoms with Crippen LogP contribution in [0.15, 0.2) is 11.6 Å². The normalized spacial score (nSPS) is 20.4. The third-order valence-electron chi connectivity index (χ3n) is 3.70. The SMILES string of the molecule is CCC1(C(=O)O)CCN(CC=C(C)C)CC1. The van der Waals surface area contributed by atoms with Gasteiger partial charge in [-0.15, -0.1) is 0 Å². The lowest BCUT2D eigenvalue weighted by molar-refractivity contribution is -0.152. The number of carboxylic acids is 1. The summed E-state index contributed by atoms with van der Waals surface area (Å²) in [5.74, 6) is -0.614. The summed E-state index contributed by atoms with van der Waals surface area (Å²) >= 11 is 0. The van der Waals surface area contributed by atoms with Gasteiger partial charge in [0, 0.05) is 6.54 Å². The van der Waals surface area contributed by atoms with Crippen LogP contribution in [0.3, 0.4) is 0 Å². The first-order valence-electron chi connectivity index (χ1n) is 6.09. The molecule has 0 amide bonds. The van der Waals surface area contributed by atoms with Crippen LogP contribution < -0.4 is 0 Å². The Morgan fingerprint density at radius 1 is 1.38 bits per heavy atom. The Hall–Kier alpha value is -0.830. The van der Waals surface area contributed by atoms with Crippen LogP contribution in [0.1, 0.15) is 40.0 Å². The minimum Gasteiger partial charge on any atom is -0.481 e. The van der Waals surface area contributed by atoms with E-state index in [4.69, 9.17) is 0 Å². The molecule has 3 nitrogen and oxygen atoms in total. The number of rotatable bonds is 4. The highest BCUT2D eigenvalue weighted by atomic mass is 16.4. The molecule has 1 saturated heterocycles. The van der Waals surface area contributed by atoms with Gasteiger partial charge in [-0.1, -0.05) is 18.6 Å². The number of likely N-dealkylation sites (tertiary alicyclic amines) is 1. The Morgan fingerprint density at radius 2 is 1.94 bits per heavy atom. The van der Waals surface area contributed by atoms with Crippen LogP contribution in [-0.4, -0.2) is 35.6 Å². The van der Waals surface area contributed by atoms with Crippen LogP contribution in [0.25, 0.3) is 0 Å². The Labute approximate surface area is 98.1 Å². The fourth-order valence-corrected chi connectivity index (χ4v) is 2.19. The maximum Gasteiger partial charge on any atom is 0.309 e. The van der Waals surface area contributed by atoms with Crippen LogP contribution in [0.4, 0.5) is 0 Å². The molecule has 0 unspecified atom stereocenters. The Balaban J connectivity index is 2.50. The first-order chi connectivity index (χ1) is 7.50. The van der Waals surface area contributed by atoms with Crippen molar-refractivity contribution < 1.29 is 9.90 Å². The third-order valence-corrected chi connectivity index (χ3v) is 3.70. The van der Waals surface area contributed by atoms with E-state index in [1.54, 1.807) is 0 Å². The number of nitrogens with zero attached hydrogens (tertiary/aromatic N) is 1. The van der Waals surface area contributed by atoms with E-state index >= 15 is 0 Å². The minimum absolute atomic E-state index is 0.457. The molecule has 0 aliphatic carbocycles. The third kappa shape index (κ3) is 3.08. The first kappa shape index (κ1) is 13.2. The molecule has 0 radical (unpaired) electrons. The van der Waals surface area contributed by atoms with Crippen molar-refractivity contribution in [2.45, 2.75) is 40.0 Å². The van der Waals surface area contributed by atoms with Gasteiger partial charge in [0.05, 0.1) is 5.41 Å². The molecule has 1 aliphatic heterocycles. The zero-order valence-corrected chi connectivity index (χ0v) is 10.6. The fraction of sp³-hybridized carbons (Fsp3) is 0.769. The van der Waals surface area contributed by atoms with E-state index in [1.807, 2.05) is 6.92 Å². The molecular weight excluding hydrogens is 202 g/mol. The highest BCUT2D eigenvalue weighted by Crippen LogP contribution is 2.34. The standard InChI is InChI=1S/C13H23NO2/c1-4-13(12(15)16)6-9-14(10-7-13)8-5-11(2)3/h5H,4,6-10H2,1-3H3,(H,15,16). The van der Waals surface area contributed by atoms with Crippen LogP contribution >= 0.6 is 0 Å². The number of hydrogen-bond donors (Lipinski definition) is 1. The quantitative estimate of drug-likeness (QED) is 0.747. The van der Waals surface area contributed by atoms with E-state index in [0.29, 0.717) is 0 Å². The number of aliphatic carboxylic acids is 1. The van der Waals surface area contributed by atoms with Crippen LogP contribution in [-0.2, 0) is 4.79 Å². The first-order valence-corrected chi connectivity index (χ1v) is 6.09. The highest BCUT2D eigenvalue weighted by molar-refractivity contribution is 5.74. The van der Waals surface area contributed by atoms with Crippen molar-refractivity contribution in [3.8, 4) is 0 Å². The summed E-state index contributed by atoms with van der Waals surface area (Å²) in [5, 5.41) is 9.26. The molecule has 1 rings (SSSR count). The average molecular weight is 225 g/mol. The van der Waals surface area contributed by atoms with Crippen molar-refractivity contribution >= 4 is 5.97 Å². The van der Waals surface area contributed by atoms with Crippen LogP contribution in [0.2, 0.25) is 0 Å². The predicted octanol–water partition coefficient (Wildman–Crippen LogP) is 2.53. The maximum absolute atomic E-state index is 11.2. The summed E-state index contributed by atoms with van der Waals surface area (Å²) < 4.78 is 0. The molecule has 0 spiro atoms. The molecule has 3 heteroatoms. The maximum atomic E-state index is 11.2. The molecule has 0 aromatic heterocycles. The summed E-state index contributed by atoms with van der Waals surface area (Å²) in [7, 11) is 0. The Kier molecular flexibility index (Phi) is 4.54. The zero-order valence-electron chi connectivity index (χ0n) is 10.6. The molecule has 92 valence electrons. The lowest BCUT2D eigenvalue weighted by Gasteiger charge is -2.37. The fourth-order valence-electron chi connectivity index (χ4n) is 2.19. The summed E-state index contributed by atoms with van der Waals surface area (Å²) in [6, 6.07) is 0. The molecule has 1 fully saturated rings. The van der Waals surface area contributed by atoms with E-state index < -0.39 is 11.4 Å². The largest absolute Gasteiger partial charge is 0.481 e. The zero-order chi connectivity index (χ0) is 12.2. The Bertz CT molecular complexity index is 272. The van der Waals surface area contributed by atoms with Gasteiger partial charge in [0.15, 0.2) is 0 Å². The molecule has 1 heterocycles. The summed E-state index contributed by atoms with van der Waals surface area (Å²) in [4.78, 5) is 13.6. The number of carboxylic acid groups (broad SMARTS) is 1. The van der Waals surface area contributed by atoms with Gasteiger partial charge in [0.25, 0.3) is 0 Å². The van der Waals surface area contributed by atoms with E-state index in [2.05, 4.69) is 24.8 Å². The van der Waals surface area contributed by atoms with E-state index in [-0.39, 0.29) is 0 Å². The van der Waals surface area contributed by atoms with E-state index in [1.165, 1.54) is 5.57 Å². The lowest BCUT2D eigenvalue weighted by Crippen LogP contribution is -2.44. The van der Waals surface area contributed by atoms with Gasteiger partial charge in [0.1, 0.15) is 0 Å². The molecular formula is C13H23NO2. The van der Waals surface area contributed by atoms with Crippen molar-refractivity contribution in [2.24, 2.45) is 5.41 Å². The van der Waals surface area contributed by atoms with E-state index in [0.717, 1.165) is 38.9 Å². The second-order valence-electron chi connectivity index (χ2n) is 5.02. The monoisotopic (exact) mass is 225 g/mol. The van der Waals surface area contributed by atoms with Crippen molar-refractivity contribution in [1.29, 1.82) is 0 Å².